The maximum absolute atomic E-state index is 10.4. The minimum atomic E-state index is -0.532. The number of nitrogens with zero attached hydrogens (tertiary/aromatic N) is 2. The number of nitrogens with two attached hydrogens (primary N) is 2. The summed E-state index contributed by atoms with van der Waals surface area (Å²) in [6.45, 7) is 5.58. The zero-order chi connectivity index (χ0) is 12.1. The van der Waals surface area contributed by atoms with Crippen LogP contribution in [0.3, 0.4) is 0 Å². The molecule has 1 aromatic heterocycles. The normalized spacial score (nSPS) is 10.1. The third kappa shape index (κ3) is 2.78. The number of nitrogen functional groups attached to an aromatic ring is 1. The van der Waals surface area contributed by atoms with Gasteiger partial charge < -0.3 is 22.1 Å². The predicted octanol–water partition coefficient (Wildman–Crippen LogP) is -0.126. The van der Waals surface area contributed by atoms with Crippen molar-refractivity contribution in [3.05, 3.63) is 5.69 Å². The van der Waals surface area contributed by atoms with E-state index in [9.17, 15) is 4.79 Å². The summed E-state index contributed by atoms with van der Waals surface area (Å²) >= 11 is 0. The second kappa shape index (κ2) is 5.24. The number of anilines is 2. The van der Waals surface area contributed by atoms with Gasteiger partial charge in [0.2, 0.25) is 0 Å². The van der Waals surface area contributed by atoms with Crippen molar-refractivity contribution in [3.8, 4) is 0 Å². The summed E-state index contributed by atoms with van der Waals surface area (Å²) in [7, 11) is 0. The molecular weight excluding hydrogens is 208 g/mol. The van der Waals surface area contributed by atoms with Gasteiger partial charge in [-0.1, -0.05) is 0 Å². The van der Waals surface area contributed by atoms with Gasteiger partial charge in [-0.2, -0.15) is 5.10 Å². The summed E-state index contributed by atoms with van der Waals surface area (Å²) in [6.07, 6.45) is 0. The summed E-state index contributed by atoms with van der Waals surface area (Å²) in [5.41, 5.74) is 12.2. The molecule has 0 saturated heterocycles. The molecule has 0 atom stereocenters. The number of nitrogens with one attached hydrogen (secondary N) is 2. The van der Waals surface area contributed by atoms with Crippen molar-refractivity contribution in [2.75, 3.05) is 24.1 Å². The molecule has 0 aliphatic heterocycles. The third-order valence-electron chi connectivity index (χ3n) is 2.19. The van der Waals surface area contributed by atoms with Crippen molar-refractivity contribution >= 4 is 17.5 Å². The maximum atomic E-state index is 10.4. The zero-order valence-corrected chi connectivity index (χ0v) is 9.58. The lowest BCUT2D eigenvalue weighted by Gasteiger charge is -2.09. The molecule has 0 aliphatic carbocycles. The number of aryl methyl sites for hydroxylation is 2. The van der Waals surface area contributed by atoms with Crippen LogP contribution in [-0.4, -0.2) is 28.9 Å². The molecule has 1 heterocycles. The fourth-order valence-corrected chi connectivity index (χ4v) is 1.38. The van der Waals surface area contributed by atoms with E-state index < -0.39 is 6.03 Å². The van der Waals surface area contributed by atoms with Crippen LogP contribution in [-0.2, 0) is 6.54 Å². The Balaban J connectivity index is 2.55. The van der Waals surface area contributed by atoms with E-state index in [0.717, 1.165) is 18.1 Å². The van der Waals surface area contributed by atoms with Crippen LogP contribution < -0.4 is 22.1 Å². The molecule has 7 nitrogen and oxygen atoms in total. The molecule has 16 heavy (non-hydrogen) atoms. The largest absolute Gasteiger partial charge is 0.394 e. The minimum absolute atomic E-state index is 0.447. The molecule has 0 bridgehead atoms. The monoisotopic (exact) mass is 226 g/mol. The second-order valence-corrected chi connectivity index (χ2v) is 3.38. The van der Waals surface area contributed by atoms with Gasteiger partial charge in [-0.15, -0.1) is 0 Å². The van der Waals surface area contributed by atoms with Crippen molar-refractivity contribution in [2.45, 2.75) is 20.4 Å². The first-order chi connectivity index (χ1) is 7.56. The first-order valence-corrected chi connectivity index (χ1v) is 5.16. The molecule has 0 aromatic carbocycles. The Morgan fingerprint density at radius 2 is 2.19 bits per heavy atom. The molecule has 1 rings (SSSR count). The molecule has 90 valence electrons. The Morgan fingerprint density at radius 1 is 1.50 bits per heavy atom. The minimum Gasteiger partial charge on any atom is -0.394 e. The molecule has 0 unspecified atom stereocenters. The summed E-state index contributed by atoms with van der Waals surface area (Å²) in [6, 6.07) is -0.532. The van der Waals surface area contributed by atoms with Gasteiger partial charge in [0.25, 0.3) is 0 Å². The van der Waals surface area contributed by atoms with Gasteiger partial charge in [-0.05, 0) is 13.8 Å². The Labute approximate surface area is 94.2 Å². The number of rotatable bonds is 5. The number of amides is 2. The SMILES string of the molecule is CCn1nc(C)c(N)c1NCCNC(N)=O. The van der Waals surface area contributed by atoms with E-state index in [1.807, 2.05) is 13.8 Å². The van der Waals surface area contributed by atoms with Crippen LogP contribution in [0.25, 0.3) is 0 Å². The summed E-state index contributed by atoms with van der Waals surface area (Å²) < 4.78 is 1.79. The Morgan fingerprint density at radius 3 is 2.75 bits per heavy atom. The summed E-state index contributed by atoms with van der Waals surface area (Å²) in [5, 5.41) is 9.86. The van der Waals surface area contributed by atoms with E-state index in [-0.39, 0.29) is 0 Å². The van der Waals surface area contributed by atoms with Crippen LogP contribution in [0, 0.1) is 6.92 Å². The topological polar surface area (TPSA) is 111 Å². The number of primary amides is 1. The molecule has 2 amide bonds. The van der Waals surface area contributed by atoms with Crippen LogP contribution >= 0.6 is 0 Å². The molecule has 0 spiro atoms. The van der Waals surface area contributed by atoms with E-state index in [0.29, 0.717) is 18.8 Å². The van der Waals surface area contributed by atoms with Gasteiger partial charge in [-0.3, -0.25) is 0 Å². The number of carbonyl (C=O) groups is 1. The second-order valence-electron chi connectivity index (χ2n) is 3.38. The van der Waals surface area contributed by atoms with Gasteiger partial charge in [0.1, 0.15) is 5.82 Å². The van der Waals surface area contributed by atoms with Crippen molar-refractivity contribution in [2.24, 2.45) is 5.73 Å². The molecule has 1 aromatic rings. The zero-order valence-electron chi connectivity index (χ0n) is 9.58. The first-order valence-electron chi connectivity index (χ1n) is 5.16. The summed E-state index contributed by atoms with van der Waals surface area (Å²) in [4.78, 5) is 10.4. The lowest BCUT2D eigenvalue weighted by molar-refractivity contribution is 0.249. The average Bonchev–Trinajstić information content (AvgIpc) is 2.50. The molecule has 0 aliphatic rings. The lowest BCUT2D eigenvalue weighted by atomic mass is 10.4. The van der Waals surface area contributed by atoms with E-state index in [4.69, 9.17) is 11.5 Å². The number of hydrogen-bond acceptors (Lipinski definition) is 4. The quantitative estimate of drug-likeness (QED) is 0.524. The fourth-order valence-electron chi connectivity index (χ4n) is 1.38. The smallest absolute Gasteiger partial charge is 0.312 e. The highest BCUT2D eigenvalue weighted by molar-refractivity contribution is 5.71. The average molecular weight is 226 g/mol. The van der Waals surface area contributed by atoms with Crippen molar-refractivity contribution in [1.29, 1.82) is 0 Å². The van der Waals surface area contributed by atoms with Crippen LogP contribution in [0.4, 0.5) is 16.3 Å². The first kappa shape index (κ1) is 12.2. The highest BCUT2D eigenvalue weighted by Crippen LogP contribution is 2.21. The van der Waals surface area contributed by atoms with Gasteiger partial charge in [0.15, 0.2) is 0 Å². The molecule has 6 N–H and O–H groups in total. The number of hydrogen-bond donors (Lipinski definition) is 4. The predicted molar refractivity (Wildman–Crippen MR) is 63.1 cm³/mol. The molecule has 0 radical (unpaired) electrons. The van der Waals surface area contributed by atoms with Crippen LogP contribution in [0.5, 0.6) is 0 Å². The molecule has 0 fully saturated rings. The van der Waals surface area contributed by atoms with Gasteiger partial charge in [0, 0.05) is 19.6 Å². The molecule has 7 heteroatoms. The molecule has 0 saturated carbocycles. The van der Waals surface area contributed by atoms with Gasteiger partial charge >= 0.3 is 6.03 Å². The van der Waals surface area contributed by atoms with Crippen molar-refractivity contribution in [3.63, 3.8) is 0 Å². The summed E-state index contributed by atoms with van der Waals surface area (Å²) in [5.74, 6) is 0.784. The Bertz CT molecular complexity index is 372. The Kier molecular flexibility index (Phi) is 3.98. The molecular formula is C9H18N6O. The van der Waals surface area contributed by atoms with E-state index >= 15 is 0 Å². The van der Waals surface area contributed by atoms with Gasteiger partial charge in [0.05, 0.1) is 11.4 Å². The van der Waals surface area contributed by atoms with E-state index in [1.165, 1.54) is 0 Å². The van der Waals surface area contributed by atoms with Crippen LogP contribution in [0.2, 0.25) is 0 Å². The van der Waals surface area contributed by atoms with E-state index in [1.54, 1.807) is 4.68 Å². The van der Waals surface area contributed by atoms with Crippen molar-refractivity contribution in [1.82, 2.24) is 15.1 Å². The fraction of sp³-hybridized carbons (Fsp3) is 0.556. The van der Waals surface area contributed by atoms with E-state index in [2.05, 4.69) is 15.7 Å². The highest BCUT2D eigenvalue weighted by Gasteiger charge is 2.10. The van der Waals surface area contributed by atoms with Crippen molar-refractivity contribution < 1.29 is 4.79 Å². The Hall–Kier alpha value is -1.92. The maximum Gasteiger partial charge on any atom is 0.312 e. The van der Waals surface area contributed by atoms with Crippen LogP contribution in [0.1, 0.15) is 12.6 Å². The third-order valence-corrected chi connectivity index (χ3v) is 2.19. The van der Waals surface area contributed by atoms with Gasteiger partial charge in [-0.25, -0.2) is 9.48 Å². The van der Waals surface area contributed by atoms with Crippen LogP contribution in [0.15, 0.2) is 0 Å². The highest BCUT2D eigenvalue weighted by atomic mass is 16.2. The number of urea groups is 1. The lowest BCUT2D eigenvalue weighted by Crippen LogP contribution is -2.33. The number of aromatic nitrogens is 2. The standard InChI is InChI=1S/C9H18N6O/c1-3-15-8(7(10)6(2)14-15)12-4-5-13-9(11)16/h12H,3-5,10H2,1-2H3,(H3,11,13,16). The number of carbonyl (C=O) groups excluding carboxylic acids is 1.